The van der Waals surface area contributed by atoms with E-state index in [-0.39, 0.29) is 11.8 Å². The van der Waals surface area contributed by atoms with Gasteiger partial charge in [-0.2, -0.15) is 0 Å². The summed E-state index contributed by atoms with van der Waals surface area (Å²) in [4.78, 5) is 30.5. The predicted molar refractivity (Wildman–Crippen MR) is 66.4 cm³/mol. The molecule has 2 aliphatic heterocycles. The first-order valence-corrected chi connectivity index (χ1v) is 6.78. The van der Waals surface area contributed by atoms with Crippen molar-refractivity contribution < 1.29 is 19.4 Å². The van der Waals surface area contributed by atoms with Crippen LogP contribution < -0.4 is 9.80 Å². The smallest absolute Gasteiger partial charge is 0.312 e. The fourth-order valence-electron chi connectivity index (χ4n) is 2.45. The highest BCUT2D eigenvalue weighted by atomic mass is 16.2. The normalized spacial score (nSPS) is 23.2. The maximum Gasteiger partial charge on any atom is 0.312 e. The highest BCUT2D eigenvalue weighted by Gasteiger charge is 2.31. The molecule has 2 rings (SSSR count). The van der Waals surface area contributed by atoms with Crippen molar-refractivity contribution in [2.75, 3.05) is 66.5 Å². The Morgan fingerprint density at radius 1 is 0.722 bits per heavy atom. The van der Waals surface area contributed by atoms with Gasteiger partial charge in [-0.15, -0.1) is 0 Å². The van der Waals surface area contributed by atoms with Crippen molar-refractivity contribution in [3.63, 3.8) is 0 Å². The maximum absolute atomic E-state index is 12.1. The van der Waals surface area contributed by atoms with Gasteiger partial charge < -0.3 is 19.6 Å². The molecule has 0 aromatic heterocycles. The maximum atomic E-state index is 12.1. The number of hydrogen-bond donors (Lipinski definition) is 2. The summed E-state index contributed by atoms with van der Waals surface area (Å²) in [7, 11) is 4.24. The SMILES string of the molecule is C[NH+]1CCN(C(=O)C(=O)N2CC[NH+](C)CC2)CC1. The van der Waals surface area contributed by atoms with Gasteiger partial charge in [-0.05, 0) is 0 Å². The molecule has 0 unspecified atom stereocenters. The average molecular weight is 256 g/mol. The van der Waals surface area contributed by atoms with Crippen LogP contribution in [-0.2, 0) is 9.59 Å². The van der Waals surface area contributed by atoms with Gasteiger partial charge in [-0.3, -0.25) is 9.59 Å². The van der Waals surface area contributed by atoms with E-state index in [0.29, 0.717) is 26.2 Å². The molecule has 0 aliphatic carbocycles. The first-order chi connectivity index (χ1) is 8.58. The molecule has 2 fully saturated rings. The van der Waals surface area contributed by atoms with Crippen molar-refractivity contribution >= 4 is 11.8 Å². The summed E-state index contributed by atoms with van der Waals surface area (Å²) >= 11 is 0. The Morgan fingerprint density at radius 3 is 1.28 bits per heavy atom. The van der Waals surface area contributed by atoms with Gasteiger partial charge in [-0.25, -0.2) is 0 Å². The second kappa shape index (κ2) is 5.67. The van der Waals surface area contributed by atoms with E-state index >= 15 is 0 Å². The van der Waals surface area contributed by atoms with Crippen LogP contribution in [0, 0.1) is 0 Å². The Hall–Kier alpha value is -1.14. The van der Waals surface area contributed by atoms with Crippen LogP contribution in [0.2, 0.25) is 0 Å². The van der Waals surface area contributed by atoms with E-state index in [4.69, 9.17) is 0 Å². The lowest BCUT2D eigenvalue weighted by atomic mass is 10.3. The minimum absolute atomic E-state index is 0.304. The quantitative estimate of drug-likeness (QED) is 0.431. The number of piperazine rings is 2. The van der Waals surface area contributed by atoms with Gasteiger partial charge in [-0.1, -0.05) is 0 Å². The molecule has 2 heterocycles. The van der Waals surface area contributed by atoms with E-state index in [1.165, 1.54) is 9.80 Å². The van der Waals surface area contributed by atoms with Gasteiger partial charge in [0.15, 0.2) is 0 Å². The number of amides is 2. The molecule has 2 N–H and O–H groups in total. The summed E-state index contributed by atoms with van der Waals surface area (Å²) < 4.78 is 0. The van der Waals surface area contributed by atoms with E-state index in [1.54, 1.807) is 9.80 Å². The molecule has 0 aromatic rings. The lowest BCUT2D eigenvalue weighted by Gasteiger charge is -2.33. The molecule has 6 nitrogen and oxygen atoms in total. The van der Waals surface area contributed by atoms with Gasteiger partial charge in [0.05, 0.1) is 66.5 Å². The molecule has 0 saturated carbocycles. The summed E-state index contributed by atoms with van der Waals surface area (Å²) in [6.07, 6.45) is 0. The summed E-state index contributed by atoms with van der Waals surface area (Å²) in [5.41, 5.74) is 0. The Balaban J connectivity index is 1.86. The van der Waals surface area contributed by atoms with Gasteiger partial charge in [0, 0.05) is 0 Å². The minimum Gasteiger partial charge on any atom is -0.334 e. The van der Waals surface area contributed by atoms with Crippen LogP contribution in [0.1, 0.15) is 0 Å². The lowest BCUT2D eigenvalue weighted by molar-refractivity contribution is -0.883. The topological polar surface area (TPSA) is 49.5 Å². The second-order valence-corrected chi connectivity index (χ2v) is 5.50. The molecular weight excluding hydrogens is 232 g/mol. The zero-order valence-corrected chi connectivity index (χ0v) is 11.4. The fourth-order valence-corrected chi connectivity index (χ4v) is 2.45. The molecule has 0 radical (unpaired) electrons. The third kappa shape index (κ3) is 3.00. The summed E-state index contributed by atoms with van der Waals surface area (Å²) in [6, 6.07) is 0. The Morgan fingerprint density at radius 2 is 1.00 bits per heavy atom. The van der Waals surface area contributed by atoms with Crippen molar-refractivity contribution in [1.82, 2.24) is 9.80 Å². The largest absolute Gasteiger partial charge is 0.334 e. The minimum atomic E-state index is -0.304. The van der Waals surface area contributed by atoms with Crippen LogP contribution in [0.15, 0.2) is 0 Å². The first kappa shape index (κ1) is 13.3. The number of nitrogens with zero attached hydrogens (tertiary/aromatic N) is 2. The summed E-state index contributed by atoms with van der Waals surface area (Å²) in [5.74, 6) is -0.607. The van der Waals surface area contributed by atoms with E-state index in [0.717, 1.165) is 26.2 Å². The number of rotatable bonds is 0. The molecule has 2 saturated heterocycles. The number of likely N-dealkylation sites (N-methyl/N-ethyl adjacent to an activating group) is 2. The van der Waals surface area contributed by atoms with E-state index in [1.807, 2.05) is 0 Å². The van der Waals surface area contributed by atoms with Crippen molar-refractivity contribution in [2.45, 2.75) is 0 Å². The molecule has 0 spiro atoms. The molecule has 2 amide bonds. The third-order valence-corrected chi connectivity index (χ3v) is 3.99. The van der Waals surface area contributed by atoms with Crippen LogP contribution in [0.3, 0.4) is 0 Å². The van der Waals surface area contributed by atoms with Crippen molar-refractivity contribution in [3.8, 4) is 0 Å². The van der Waals surface area contributed by atoms with Gasteiger partial charge in [0.25, 0.3) is 0 Å². The fraction of sp³-hybridized carbons (Fsp3) is 0.833. The van der Waals surface area contributed by atoms with Gasteiger partial charge in [0.1, 0.15) is 0 Å². The predicted octanol–water partition coefficient (Wildman–Crippen LogP) is -4.30. The first-order valence-electron chi connectivity index (χ1n) is 6.78. The number of hydrogen-bond acceptors (Lipinski definition) is 2. The van der Waals surface area contributed by atoms with Crippen LogP contribution in [-0.4, -0.2) is 88.1 Å². The number of quaternary nitrogens is 2. The van der Waals surface area contributed by atoms with Gasteiger partial charge in [0.2, 0.25) is 0 Å². The standard InChI is InChI=1S/C12H22N4O2/c1-13-3-7-15(8-4-13)11(17)12(18)16-9-5-14(2)6-10-16/h3-10H2,1-2H3/p+2. The van der Waals surface area contributed by atoms with E-state index in [2.05, 4.69) is 14.1 Å². The molecule has 0 aromatic carbocycles. The lowest BCUT2D eigenvalue weighted by Crippen LogP contribution is -3.12. The molecule has 0 bridgehead atoms. The Kier molecular flexibility index (Phi) is 4.19. The third-order valence-electron chi connectivity index (χ3n) is 3.99. The van der Waals surface area contributed by atoms with Crippen molar-refractivity contribution in [2.24, 2.45) is 0 Å². The summed E-state index contributed by atoms with van der Waals surface area (Å²) in [6.45, 7) is 6.56. The molecule has 0 atom stereocenters. The van der Waals surface area contributed by atoms with Crippen LogP contribution in [0.5, 0.6) is 0 Å². The second-order valence-electron chi connectivity index (χ2n) is 5.50. The zero-order chi connectivity index (χ0) is 13.1. The van der Waals surface area contributed by atoms with Gasteiger partial charge >= 0.3 is 11.8 Å². The average Bonchev–Trinajstić information content (AvgIpc) is 2.39. The molecule has 102 valence electrons. The molecule has 2 aliphatic rings. The Bertz CT molecular complexity index is 286. The Labute approximate surface area is 108 Å². The monoisotopic (exact) mass is 256 g/mol. The number of nitrogens with one attached hydrogen (secondary N) is 2. The van der Waals surface area contributed by atoms with Crippen LogP contribution >= 0.6 is 0 Å². The van der Waals surface area contributed by atoms with E-state index in [9.17, 15) is 9.59 Å². The number of carbonyl (C=O) groups excluding carboxylic acids is 2. The summed E-state index contributed by atoms with van der Waals surface area (Å²) in [5, 5.41) is 0. The van der Waals surface area contributed by atoms with Crippen LogP contribution in [0.4, 0.5) is 0 Å². The van der Waals surface area contributed by atoms with Crippen molar-refractivity contribution in [3.05, 3.63) is 0 Å². The van der Waals surface area contributed by atoms with Crippen LogP contribution in [0.25, 0.3) is 0 Å². The van der Waals surface area contributed by atoms with E-state index < -0.39 is 0 Å². The zero-order valence-electron chi connectivity index (χ0n) is 11.4. The highest BCUT2D eigenvalue weighted by molar-refractivity contribution is 6.34. The molecule has 18 heavy (non-hydrogen) atoms. The molecular formula is C12H24N4O2+2. The van der Waals surface area contributed by atoms with Crippen molar-refractivity contribution in [1.29, 1.82) is 0 Å². The molecule has 6 heteroatoms. The number of carbonyl (C=O) groups is 2. The highest BCUT2D eigenvalue weighted by Crippen LogP contribution is 1.98.